The molecule has 1 heterocycles. The Balaban J connectivity index is 2.31. The molecule has 2 rings (SSSR count). The van der Waals surface area contributed by atoms with Gasteiger partial charge >= 0.3 is 18.0 Å². The van der Waals surface area contributed by atoms with E-state index < -0.39 is 23.6 Å². The molecule has 0 aliphatic rings. The number of benzene rings is 1. The van der Waals surface area contributed by atoms with Gasteiger partial charge in [-0.05, 0) is 19.1 Å². The first-order valence-electron chi connectivity index (χ1n) is 5.60. The van der Waals surface area contributed by atoms with Crippen LogP contribution in [-0.4, -0.2) is 22.7 Å². The smallest absolute Gasteiger partial charge is 0.416 e. The molecule has 0 atom stereocenters. The highest BCUT2D eigenvalue weighted by molar-refractivity contribution is 5.84. The number of esters is 1. The van der Waals surface area contributed by atoms with Crippen LogP contribution in [0.2, 0.25) is 0 Å². The van der Waals surface area contributed by atoms with Crippen LogP contribution in [0.3, 0.4) is 0 Å². The zero-order valence-corrected chi connectivity index (χ0v) is 10.3. The molecule has 0 radical (unpaired) electrons. The highest BCUT2D eigenvalue weighted by atomic mass is 19.4. The zero-order valence-electron chi connectivity index (χ0n) is 10.3. The number of carbonyl (C=O) groups is 1. The van der Waals surface area contributed by atoms with Crippen LogP contribution in [0.5, 0.6) is 0 Å². The lowest BCUT2D eigenvalue weighted by Gasteiger charge is -2.06. The lowest BCUT2D eigenvalue weighted by Crippen LogP contribution is -2.05. The minimum Gasteiger partial charge on any atom is -0.459 e. The van der Waals surface area contributed by atoms with E-state index in [0.717, 1.165) is 12.1 Å². The van der Waals surface area contributed by atoms with E-state index in [1.807, 2.05) is 0 Å². The van der Waals surface area contributed by atoms with E-state index in [1.165, 1.54) is 12.1 Å². The van der Waals surface area contributed by atoms with Gasteiger partial charge in [0.05, 0.1) is 12.2 Å². The Morgan fingerprint density at radius 1 is 1.40 bits per heavy atom. The van der Waals surface area contributed by atoms with Crippen molar-refractivity contribution < 1.29 is 27.2 Å². The number of rotatable bonds is 3. The second-order valence-corrected chi connectivity index (χ2v) is 3.72. The molecule has 0 fully saturated rings. The van der Waals surface area contributed by atoms with Crippen LogP contribution in [0.4, 0.5) is 13.2 Å². The summed E-state index contributed by atoms with van der Waals surface area (Å²) in [5, 5.41) is 3.46. The van der Waals surface area contributed by atoms with Crippen molar-refractivity contribution in [2.75, 3.05) is 6.61 Å². The van der Waals surface area contributed by atoms with Crippen molar-refractivity contribution >= 4 is 5.97 Å². The normalized spacial score (nSPS) is 11.4. The summed E-state index contributed by atoms with van der Waals surface area (Å²) >= 11 is 0. The van der Waals surface area contributed by atoms with Crippen LogP contribution < -0.4 is 0 Å². The van der Waals surface area contributed by atoms with E-state index in [4.69, 9.17) is 0 Å². The van der Waals surface area contributed by atoms with E-state index in [1.54, 1.807) is 6.92 Å². The van der Waals surface area contributed by atoms with E-state index in [-0.39, 0.29) is 18.0 Å². The molecule has 2 aromatic rings. The number of nitrogens with zero attached hydrogens (tertiary/aromatic N) is 2. The lowest BCUT2D eigenvalue weighted by atomic mass is 10.1. The summed E-state index contributed by atoms with van der Waals surface area (Å²) in [4.78, 5) is 15.0. The Labute approximate surface area is 111 Å². The number of ether oxygens (including phenoxy) is 1. The Hall–Kier alpha value is -2.38. The van der Waals surface area contributed by atoms with Gasteiger partial charge < -0.3 is 9.26 Å². The summed E-state index contributed by atoms with van der Waals surface area (Å²) in [6.45, 7) is 1.72. The molecule has 20 heavy (non-hydrogen) atoms. The predicted molar refractivity (Wildman–Crippen MR) is 60.7 cm³/mol. The Bertz CT molecular complexity index is 622. The topological polar surface area (TPSA) is 65.2 Å². The van der Waals surface area contributed by atoms with Crippen molar-refractivity contribution in [3.05, 3.63) is 35.7 Å². The third-order valence-corrected chi connectivity index (χ3v) is 2.32. The third kappa shape index (κ3) is 2.95. The molecule has 0 aliphatic heterocycles. The van der Waals surface area contributed by atoms with Gasteiger partial charge in [0.2, 0.25) is 5.82 Å². The Morgan fingerprint density at radius 3 is 2.80 bits per heavy atom. The maximum absolute atomic E-state index is 12.6. The Morgan fingerprint density at radius 2 is 2.15 bits per heavy atom. The SMILES string of the molecule is CCOC(=O)c1nc(-c2cccc(C(F)(F)F)c2)no1. The largest absolute Gasteiger partial charge is 0.459 e. The molecule has 0 bridgehead atoms. The van der Waals surface area contributed by atoms with E-state index in [9.17, 15) is 18.0 Å². The Kier molecular flexibility index (Phi) is 3.73. The quantitative estimate of drug-likeness (QED) is 0.812. The first kappa shape index (κ1) is 14.0. The molecule has 5 nitrogen and oxygen atoms in total. The molecule has 1 aromatic heterocycles. The number of carbonyl (C=O) groups excluding carboxylic acids is 1. The van der Waals surface area contributed by atoms with E-state index in [2.05, 4.69) is 19.4 Å². The van der Waals surface area contributed by atoms with Crippen LogP contribution in [0, 0.1) is 0 Å². The molecule has 1 aromatic carbocycles. The molecule has 0 aliphatic carbocycles. The fourth-order valence-corrected chi connectivity index (χ4v) is 1.45. The van der Waals surface area contributed by atoms with Crippen LogP contribution in [0.25, 0.3) is 11.4 Å². The van der Waals surface area contributed by atoms with Gasteiger partial charge in [0, 0.05) is 5.56 Å². The minimum atomic E-state index is -4.47. The van der Waals surface area contributed by atoms with Gasteiger partial charge in [-0.25, -0.2) is 4.79 Å². The minimum absolute atomic E-state index is 0.0964. The summed E-state index contributed by atoms with van der Waals surface area (Å²) in [5.74, 6) is -1.34. The summed E-state index contributed by atoms with van der Waals surface area (Å²) in [7, 11) is 0. The van der Waals surface area contributed by atoms with Crippen molar-refractivity contribution in [1.82, 2.24) is 10.1 Å². The van der Waals surface area contributed by atoms with Gasteiger partial charge in [-0.1, -0.05) is 17.3 Å². The summed E-state index contributed by atoms with van der Waals surface area (Å²) < 4.78 is 47.0. The number of alkyl halides is 3. The average Bonchev–Trinajstić information content (AvgIpc) is 2.88. The molecule has 0 amide bonds. The van der Waals surface area contributed by atoms with Gasteiger partial charge in [-0.15, -0.1) is 0 Å². The first-order valence-corrected chi connectivity index (χ1v) is 5.60. The molecule has 106 valence electrons. The average molecular weight is 286 g/mol. The molecule has 0 saturated heterocycles. The number of aromatic nitrogens is 2. The standard InChI is InChI=1S/C12H9F3N2O3/c1-2-19-11(18)10-16-9(17-20-10)7-4-3-5-8(6-7)12(13,14)15/h3-6H,2H2,1H3. The monoisotopic (exact) mass is 286 g/mol. The fourth-order valence-electron chi connectivity index (χ4n) is 1.45. The second kappa shape index (κ2) is 5.32. The van der Waals surface area contributed by atoms with Crippen molar-refractivity contribution in [2.45, 2.75) is 13.1 Å². The van der Waals surface area contributed by atoms with Crippen LogP contribution in [0.15, 0.2) is 28.8 Å². The zero-order chi connectivity index (χ0) is 14.8. The number of hydrogen-bond donors (Lipinski definition) is 0. The van der Waals surface area contributed by atoms with Crippen molar-refractivity contribution in [3.63, 3.8) is 0 Å². The number of halogens is 3. The molecule has 0 unspecified atom stereocenters. The maximum atomic E-state index is 12.6. The van der Waals surface area contributed by atoms with E-state index >= 15 is 0 Å². The molecule has 0 N–H and O–H groups in total. The van der Waals surface area contributed by atoms with Gasteiger partial charge in [-0.3, -0.25) is 0 Å². The van der Waals surface area contributed by atoms with Gasteiger partial charge in [0.25, 0.3) is 0 Å². The van der Waals surface area contributed by atoms with Crippen LogP contribution in [0.1, 0.15) is 23.2 Å². The maximum Gasteiger partial charge on any atom is 0.416 e. The molecule has 8 heteroatoms. The fraction of sp³-hybridized carbons (Fsp3) is 0.250. The predicted octanol–water partition coefficient (Wildman–Crippen LogP) is 2.93. The highest BCUT2D eigenvalue weighted by Gasteiger charge is 2.31. The van der Waals surface area contributed by atoms with Crippen molar-refractivity contribution in [3.8, 4) is 11.4 Å². The second-order valence-electron chi connectivity index (χ2n) is 3.72. The summed E-state index contributed by atoms with van der Waals surface area (Å²) in [6.07, 6.45) is -4.47. The van der Waals surface area contributed by atoms with Crippen LogP contribution >= 0.6 is 0 Å². The molecular weight excluding hydrogens is 277 g/mol. The highest BCUT2D eigenvalue weighted by Crippen LogP contribution is 2.31. The van der Waals surface area contributed by atoms with Crippen molar-refractivity contribution in [2.24, 2.45) is 0 Å². The molecular formula is C12H9F3N2O3. The summed E-state index contributed by atoms with van der Waals surface area (Å²) in [6, 6.07) is 4.41. The first-order chi connectivity index (χ1) is 9.41. The van der Waals surface area contributed by atoms with Gasteiger partial charge in [-0.2, -0.15) is 18.2 Å². The van der Waals surface area contributed by atoms with E-state index in [0.29, 0.717) is 0 Å². The van der Waals surface area contributed by atoms with Gasteiger partial charge in [0.1, 0.15) is 0 Å². The van der Waals surface area contributed by atoms with Crippen molar-refractivity contribution in [1.29, 1.82) is 0 Å². The molecule has 0 saturated carbocycles. The number of hydrogen-bond acceptors (Lipinski definition) is 5. The summed E-state index contributed by atoms with van der Waals surface area (Å²) in [5.41, 5.74) is -0.739. The lowest BCUT2D eigenvalue weighted by molar-refractivity contribution is -0.137. The molecule has 0 spiro atoms. The van der Waals surface area contributed by atoms with Crippen LogP contribution in [-0.2, 0) is 10.9 Å². The third-order valence-electron chi connectivity index (χ3n) is 2.32. The van der Waals surface area contributed by atoms with Gasteiger partial charge in [0.15, 0.2) is 0 Å².